The SMILES string of the molecule is c1cnc2c(O[Si]3(Oc4cccc5cccnc45)CCCCC3)cccc2c1. The van der Waals surface area contributed by atoms with E-state index in [0.29, 0.717) is 0 Å². The van der Waals surface area contributed by atoms with Crippen molar-refractivity contribution in [2.75, 3.05) is 0 Å². The molecule has 5 rings (SSSR count). The molecule has 3 heterocycles. The summed E-state index contributed by atoms with van der Waals surface area (Å²) in [6.45, 7) is 0. The van der Waals surface area contributed by atoms with E-state index in [0.717, 1.165) is 58.2 Å². The molecule has 1 fully saturated rings. The highest BCUT2D eigenvalue weighted by Crippen LogP contribution is 2.37. The Balaban J connectivity index is 1.55. The minimum Gasteiger partial charge on any atom is -0.510 e. The van der Waals surface area contributed by atoms with Crippen molar-refractivity contribution in [2.24, 2.45) is 0 Å². The van der Waals surface area contributed by atoms with Gasteiger partial charge in [0.25, 0.3) is 0 Å². The second-order valence-corrected chi connectivity index (χ2v) is 10.6. The third kappa shape index (κ3) is 3.22. The third-order valence-corrected chi connectivity index (χ3v) is 8.81. The Kier molecular flexibility index (Phi) is 4.45. The van der Waals surface area contributed by atoms with Crippen LogP contribution in [0.2, 0.25) is 12.1 Å². The molecule has 1 saturated heterocycles. The number of para-hydroxylation sites is 2. The molecule has 0 N–H and O–H groups in total. The molecule has 2 aromatic carbocycles. The first kappa shape index (κ1) is 17.2. The molecule has 28 heavy (non-hydrogen) atoms. The van der Waals surface area contributed by atoms with Crippen LogP contribution in [0.5, 0.6) is 11.5 Å². The van der Waals surface area contributed by atoms with Crippen LogP contribution in [0, 0.1) is 0 Å². The van der Waals surface area contributed by atoms with Crippen LogP contribution >= 0.6 is 0 Å². The van der Waals surface area contributed by atoms with Gasteiger partial charge in [-0.05, 0) is 37.1 Å². The van der Waals surface area contributed by atoms with E-state index >= 15 is 0 Å². The standard InChI is InChI=1S/C23H22N2O2Si/c1-2-16-28(17-3-1,26-20-12-4-8-18-10-6-14-24-22(18)20)27-21-13-5-9-19-11-7-15-25-23(19)21/h4-15H,1-3,16-17H2. The molecule has 0 aliphatic carbocycles. The monoisotopic (exact) mass is 386 g/mol. The summed E-state index contributed by atoms with van der Waals surface area (Å²) in [4.78, 5) is 9.13. The third-order valence-electron chi connectivity index (χ3n) is 5.40. The normalized spacial score (nSPS) is 16.1. The average molecular weight is 387 g/mol. The molecule has 0 saturated carbocycles. The van der Waals surface area contributed by atoms with E-state index in [1.165, 1.54) is 6.42 Å². The number of hydrogen-bond donors (Lipinski definition) is 0. The molecule has 4 nitrogen and oxygen atoms in total. The fraction of sp³-hybridized carbons (Fsp3) is 0.217. The smallest absolute Gasteiger partial charge is 0.460 e. The lowest BCUT2D eigenvalue weighted by Crippen LogP contribution is -2.50. The van der Waals surface area contributed by atoms with Crippen molar-refractivity contribution in [3.8, 4) is 11.5 Å². The van der Waals surface area contributed by atoms with Gasteiger partial charge in [-0.15, -0.1) is 0 Å². The molecule has 0 bridgehead atoms. The van der Waals surface area contributed by atoms with Crippen LogP contribution in [0.3, 0.4) is 0 Å². The van der Waals surface area contributed by atoms with Gasteiger partial charge in [0.05, 0.1) is 0 Å². The largest absolute Gasteiger partial charge is 0.510 e. The number of aromatic nitrogens is 2. The molecule has 5 heteroatoms. The summed E-state index contributed by atoms with van der Waals surface area (Å²) < 4.78 is 13.5. The molecule has 0 amide bonds. The number of rotatable bonds is 4. The summed E-state index contributed by atoms with van der Waals surface area (Å²) in [6.07, 6.45) is 7.16. The first-order valence-electron chi connectivity index (χ1n) is 9.89. The minimum absolute atomic E-state index is 0.833. The average Bonchev–Trinajstić information content (AvgIpc) is 2.75. The van der Waals surface area contributed by atoms with Gasteiger partial charge in [0.15, 0.2) is 0 Å². The number of benzene rings is 2. The molecule has 140 valence electrons. The molecule has 1 aliphatic heterocycles. The van der Waals surface area contributed by atoms with Gasteiger partial charge in [0.1, 0.15) is 22.5 Å². The van der Waals surface area contributed by atoms with Crippen molar-refractivity contribution in [3.63, 3.8) is 0 Å². The Morgan fingerprint density at radius 1 is 0.607 bits per heavy atom. The predicted octanol–water partition coefficient (Wildman–Crippen LogP) is 5.87. The highest BCUT2D eigenvalue weighted by atomic mass is 28.4. The number of nitrogens with zero attached hydrogens (tertiary/aromatic N) is 2. The number of fused-ring (bicyclic) bond motifs is 2. The van der Waals surface area contributed by atoms with Crippen LogP contribution in [0.15, 0.2) is 73.1 Å². The van der Waals surface area contributed by atoms with Crippen LogP contribution in [0.1, 0.15) is 19.3 Å². The fourth-order valence-electron chi connectivity index (χ4n) is 4.03. The molecular formula is C23H22N2O2Si. The van der Waals surface area contributed by atoms with E-state index in [-0.39, 0.29) is 0 Å². The molecule has 0 atom stereocenters. The van der Waals surface area contributed by atoms with Crippen molar-refractivity contribution < 1.29 is 8.85 Å². The summed E-state index contributed by atoms with van der Waals surface area (Å²) >= 11 is 0. The Morgan fingerprint density at radius 3 is 1.64 bits per heavy atom. The van der Waals surface area contributed by atoms with Crippen LogP contribution in [0.25, 0.3) is 21.8 Å². The van der Waals surface area contributed by atoms with Gasteiger partial charge >= 0.3 is 8.56 Å². The molecular weight excluding hydrogens is 364 g/mol. The van der Waals surface area contributed by atoms with E-state index in [9.17, 15) is 0 Å². The second-order valence-electron chi connectivity index (χ2n) is 7.34. The van der Waals surface area contributed by atoms with Crippen LogP contribution in [0.4, 0.5) is 0 Å². The topological polar surface area (TPSA) is 44.2 Å². The predicted molar refractivity (Wildman–Crippen MR) is 114 cm³/mol. The number of pyridine rings is 2. The molecule has 0 spiro atoms. The zero-order valence-electron chi connectivity index (χ0n) is 15.7. The van der Waals surface area contributed by atoms with Gasteiger partial charge in [-0.25, -0.2) is 0 Å². The molecule has 4 aromatic rings. The Bertz CT molecular complexity index is 1030. The van der Waals surface area contributed by atoms with E-state index in [1.54, 1.807) is 0 Å². The highest BCUT2D eigenvalue weighted by molar-refractivity contribution is 6.69. The lowest BCUT2D eigenvalue weighted by Gasteiger charge is -2.34. The van der Waals surface area contributed by atoms with Crippen molar-refractivity contribution in [3.05, 3.63) is 73.1 Å². The minimum atomic E-state index is -2.48. The summed E-state index contributed by atoms with van der Waals surface area (Å²) in [5.74, 6) is 1.67. The molecule has 1 aliphatic rings. The van der Waals surface area contributed by atoms with Crippen molar-refractivity contribution in [2.45, 2.75) is 31.4 Å². The van der Waals surface area contributed by atoms with E-state index < -0.39 is 8.56 Å². The number of hydrogen-bond acceptors (Lipinski definition) is 4. The zero-order chi connectivity index (χ0) is 18.8. The van der Waals surface area contributed by atoms with E-state index in [4.69, 9.17) is 8.85 Å². The maximum atomic E-state index is 6.74. The lowest BCUT2D eigenvalue weighted by molar-refractivity contribution is 0.363. The lowest BCUT2D eigenvalue weighted by atomic mass is 10.2. The fourth-order valence-corrected chi connectivity index (χ4v) is 7.44. The van der Waals surface area contributed by atoms with Gasteiger partial charge in [-0.2, -0.15) is 0 Å². The van der Waals surface area contributed by atoms with Gasteiger partial charge < -0.3 is 8.85 Å². The quantitative estimate of drug-likeness (QED) is 0.412. The van der Waals surface area contributed by atoms with Crippen LogP contribution in [-0.2, 0) is 0 Å². The molecule has 0 radical (unpaired) electrons. The van der Waals surface area contributed by atoms with Crippen molar-refractivity contribution >= 4 is 30.4 Å². The second kappa shape index (κ2) is 7.24. The summed E-state index contributed by atoms with van der Waals surface area (Å²) in [7, 11) is -2.48. The van der Waals surface area contributed by atoms with Gasteiger partial charge in [0, 0.05) is 35.3 Å². The first-order chi connectivity index (χ1) is 13.8. The maximum Gasteiger partial charge on any atom is 0.460 e. The maximum absolute atomic E-state index is 6.74. The summed E-state index contributed by atoms with van der Waals surface area (Å²) in [5.41, 5.74) is 1.81. The van der Waals surface area contributed by atoms with Gasteiger partial charge in [-0.3, -0.25) is 9.97 Å². The summed E-state index contributed by atoms with van der Waals surface area (Å²) in [5, 5.41) is 2.18. The Hall–Kier alpha value is -2.92. The highest BCUT2D eigenvalue weighted by Gasteiger charge is 2.44. The molecule has 0 unspecified atom stereocenters. The van der Waals surface area contributed by atoms with E-state index in [1.807, 2.05) is 48.8 Å². The zero-order valence-corrected chi connectivity index (χ0v) is 16.7. The van der Waals surface area contributed by atoms with Crippen LogP contribution in [-0.4, -0.2) is 18.5 Å². The summed E-state index contributed by atoms with van der Waals surface area (Å²) in [6, 6.07) is 22.3. The Morgan fingerprint density at radius 2 is 1.11 bits per heavy atom. The van der Waals surface area contributed by atoms with Crippen LogP contribution < -0.4 is 8.85 Å². The Labute approximate surface area is 165 Å². The molecule has 2 aromatic heterocycles. The first-order valence-corrected chi connectivity index (χ1v) is 12.1. The van der Waals surface area contributed by atoms with Crippen molar-refractivity contribution in [1.82, 2.24) is 9.97 Å². The van der Waals surface area contributed by atoms with Crippen molar-refractivity contribution in [1.29, 1.82) is 0 Å². The van der Waals surface area contributed by atoms with Gasteiger partial charge in [-0.1, -0.05) is 42.8 Å². The van der Waals surface area contributed by atoms with Gasteiger partial charge in [0.2, 0.25) is 0 Å². The van der Waals surface area contributed by atoms with E-state index in [2.05, 4.69) is 34.2 Å².